The van der Waals surface area contributed by atoms with Gasteiger partial charge in [0, 0.05) is 13.0 Å². The molecule has 138 valence electrons. The van der Waals surface area contributed by atoms with Crippen LogP contribution in [0.3, 0.4) is 0 Å². The second kappa shape index (κ2) is 10.0. The number of unbranched alkanes of at least 4 members (excludes halogenated alkanes) is 1. The summed E-state index contributed by atoms with van der Waals surface area (Å²) in [7, 11) is 0. The molecule has 5 heteroatoms. The van der Waals surface area contributed by atoms with E-state index in [0.29, 0.717) is 18.9 Å². The molecule has 1 saturated heterocycles. The molecule has 0 bridgehead atoms. The lowest BCUT2D eigenvalue weighted by atomic mass is 9.80. The van der Waals surface area contributed by atoms with E-state index >= 15 is 0 Å². The van der Waals surface area contributed by atoms with Gasteiger partial charge in [0.25, 0.3) is 0 Å². The number of amides is 2. The van der Waals surface area contributed by atoms with Gasteiger partial charge in [0.05, 0.1) is 0 Å². The standard InChI is InChI=1S/C19H35N3O2/c1-2-3-13-21-18(24)19(11-5-4-6-12-19)22-17(23)8-7-16-9-14-20-15-10-16/h16,20H,2-15H2,1H3,(H,21,24)(H,22,23). The molecule has 5 nitrogen and oxygen atoms in total. The van der Waals surface area contributed by atoms with Gasteiger partial charge in [-0.2, -0.15) is 0 Å². The number of hydrogen-bond acceptors (Lipinski definition) is 3. The maximum Gasteiger partial charge on any atom is 0.245 e. The van der Waals surface area contributed by atoms with Gasteiger partial charge in [0.15, 0.2) is 0 Å². The molecule has 2 amide bonds. The van der Waals surface area contributed by atoms with Crippen molar-refractivity contribution in [2.24, 2.45) is 5.92 Å². The highest BCUT2D eigenvalue weighted by molar-refractivity contribution is 5.91. The monoisotopic (exact) mass is 337 g/mol. The third-order valence-corrected chi connectivity index (χ3v) is 5.57. The number of piperidine rings is 1. The van der Waals surface area contributed by atoms with Crippen molar-refractivity contribution in [2.75, 3.05) is 19.6 Å². The second-order valence-corrected chi connectivity index (χ2v) is 7.53. The fraction of sp³-hybridized carbons (Fsp3) is 0.895. The molecule has 0 unspecified atom stereocenters. The van der Waals surface area contributed by atoms with Crippen LogP contribution in [0.1, 0.15) is 77.6 Å². The Hall–Kier alpha value is -1.10. The Kier molecular flexibility index (Phi) is 8.03. The second-order valence-electron chi connectivity index (χ2n) is 7.53. The van der Waals surface area contributed by atoms with Crippen LogP contribution in [0.25, 0.3) is 0 Å². The Morgan fingerprint density at radius 2 is 1.83 bits per heavy atom. The molecule has 3 N–H and O–H groups in total. The lowest BCUT2D eigenvalue weighted by Gasteiger charge is -2.37. The zero-order chi connectivity index (χ0) is 17.3. The predicted molar refractivity (Wildman–Crippen MR) is 96.7 cm³/mol. The van der Waals surface area contributed by atoms with Crippen LogP contribution in [0, 0.1) is 5.92 Å². The average molecular weight is 338 g/mol. The summed E-state index contributed by atoms with van der Waals surface area (Å²) in [6, 6.07) is 0. The van der Waals surface area contributed by atoms with Gasteiger partial charge in [0.2, 0.25) is 11.8 Å². The lowest BCUT2D eigenvalue weighted by molar-refractivity contribution is -0.135. The van der Waals surface area contributed by atoms with Crippen molar-refractivity contribution in [3.63, 3.8) is 0 Å². The molecule has 24 heavy (non-hydrogen) atoms. The first-order valence-electron chi connectivity index (χ1n) is 9.96. The van der Waals surface area contributed by atoms with Gasteiger partial charge in [-0.05, 0) is 57.5 Å². The van der Waals surface area contributed by atoms with E-state index in [2.05, 4.69) is 22.9 Å². The summed E-state index contributed by atoms with van der Waals surface area (Å²) in [6.45, 7) is 4.96. The Balaban J connectivity index is 1.84. The van der Waals surface area contributed by atoms with Gasteiger partial charge in [-0.1, -0.05) is 32.6 Å². The van der Waals surface area contributed by atoms with Crippen LogP contribution in [0.4, 0.5) is 0 Å². The van der Waals surface area contributed by atoms with Crippen molar-refractivity contribution < 1.29 is 9.59 Å². The summed E-state index contributed by atoms with van der Waals surface area (Å²) in [4.78, 5) is 25.2. The van der Waals surface area contributed by atoms with Gasteiger partial charge in [-0.15, -0.1) is 0 Å². The summed E-state index contributed by atoms with van der Waals surface area (Å²) in [5.74, 6) is 0.740. The molecule has 1 heterocycles. The number of rotatable bonds is 8. The van der Waals surface area contributed by atoms with Crippen LogP contribution in [0.2, 0.25) is 0 Å². The number of nitrogens with one attached hydrogen (secondary N) is 3. The first-order valence-corrected chi connectivity index (χ1v) is 9.96. The molecule has 0 spiro atoms. The third-order valence-electron chi connectivity index (χ3n) is 5.57. The smallest absolute Gasteiger partial charge is 0.245 e. The zero-order valence-electron chi connectivity index (χ0n) is 15.3. The summed E-state index contributed by atoms with van der Waals surface area (Å²) >= 11 is 0. The van der Waals surface area contributed by atoms with Gasteiger partial charge < -0.3 is 16.0 Å². The van der Waals surface area contributed by atoms with Crippen molar-refractivity contribution in [3.8, 4) is 0 Å². The van der Waals surface area contributed by atoms with Crippen LogP contribution in [-0.4, -0.2) is 37.0 Å². The molecule has 2 rings (SSSR count). The molecular weight excluding hydrogens is 302 g/mol. The highest BCUT2D eigenvalue weighted by Gasteiger charge is 2.40. The molecule has 1 aliphatic carbocycles. The third kappa shape index (κ3) is 5.76. The quantitative estimate of drug-likeness (QED) is 0.596. The van der Waals surface area contributed by atoms with E-state index in [1.807, 2.05) is 0 Å². The van der Waals surface area contributed by atoms with E-state index < -0.39 is 5.54 Å². The van der Waals surface area contributed by atoms with Crippen molar-refractivity contribution in [1.29, 1.82) is 0 Å². The molecule has 0 aromatic heterocycles. The topological polar surface area (TPSA) is 70.2 Å². The van der Waals surface area contributed by atoms with E-state index in [4.69, 9.17) is 0 Å². The molecule has 0 aromatic carbocycles. The minimum Gasteiger partial charge on any atom is -0.354 e. The average Bonchev–Trinajstić information content (AvgIpc) is 2.62. The number of hydrogen-bond donors (Lipinski definition) is 3. The predicted octanol–water partition coefficient (Wildman–Crippen LogP) is 2.50. The van der Waals surface area contributed by atoms with Crippen molar-refractivity contribution in [2.45, 2.75) is 83.1 Å². The fourth-order valence-corrected chi connectivity index (χ4v) is 3.95. The Bertz CT molecular complexity index is 399. The zero-order valence-corrected chi connectivity index (χ0v) is 15.3. The van der Waals surface area contributed by atoms with Gasteiger partial charge in [-0.25, -0.2) is 0 Å². The van der Waals surface area contributed by atoms with Gasteiger partial charge in [-0.3, -0.25) is 9.59 Å². The van der Waals surface area contributed by atoms with Crippen molar-refractivity contribution >= 4 is 11.8 Å². The minimum atomic E-state index is -0.656. The molecule has 0 atom stereocenters. The number of carbonyl (C=O) groups is 2. The lowest BCUT2D eigenvalue weighted by Crippen LogP contribution is -2.59. The molecule has 2 aliphatic rings. The van der Waals surface area contributed by atoms with Crippen molar-refractivity contribution in [3.05, 3.63) is 0 Å². The van der Waals surface area contributed by atoms with Crippen LogP contribution >= 0.6 is 0 Å². The highest BCUT2D eigenvalue weighted by Crippen LogP contribution is 2.29. The fourth-order valence-electron chi connectivity index (χ4n) is 3.95. The maximum atomic E-state index is 12.7. The van der Waals surface area contributed by atoms with E-state index in [9.17, 15) is 9.59 Å². The van der Waals surface area contributed by atoms with Crippen LogP contribution in [0.5, 0.6) is 0 Å². The minimum absolute atomic E-state index is 0.0332. The summed E-state index contributed by atoms with van der Waals surface area (Å²) in [6.07, 6.45) is 10.7. The molecule has 0 radical (unpaired) electrons. The molecular formula is C19H35N3O2. The summed E-state index contributed by atoms with van der Waals surface area (Å²) < 4.78 is 0. The van der Waals surface area contributed by atoms with Crippen LogP contribution in [0.15, 0.2) is 0 Å². The van der Waals surface area contributed by atoms with E-state index in [1.54, 1.807) is 0 Å². The Labute approximate surface area is 146 Å². The molecule has 2 fully saturated rings. The first-order chi connectivity index (χ1) is 11.7. The number of carbonyl (C=O) groups excluding carboxylic acids is 2. The van der Waals surface area contributed by atoms with Crippen LogP contribution < -0.4 is 16.0 Å². The van der Waals surface area contributed by atoms with Gasteiger partial charge >= 0.3 is 0 Å². The SMILES string of the molecule is CCCCNC(=O)C1(NC(=O)CCC2CCNCC2)CCCCC1. The Morgan fingerprint density at radius 3 is 2.50 bits per heavy atom. The molecule has 0 aromatic rings. The van der Waals surface area contributed by atoms with Crippen LogP contribution in [-0.2, 0) is 9.59 Å². The van der Waals surface area contributed by atoms with E-state index in [0.717, 1.165) is 77.3 Å². The first kappa shape index (κ1) is 19.2. The normalized spacial score (nSPS) is 21.2. The summed E-state index contributed by atoms with van der Waals surface area (Å²) in [5, 5.41) is 9.53. The maximum absolute atomic E-state index is 12.7. The summed E-state index contributed by atoms with van der Waals surface area (Å²) in [5.41, 5.74) is -0.656. The van der Waals surface area contributed by atoms with E-state index in [-0.39, 0.29) is 11.8 Å². The van der Waals surface area contributed by atoms with E-state index in [1.165, 1.54) is 0 Å². The van der Waals surface area contributed by atoms with Gasteiger partial charge in [0.1, 0.15) is 5.54 Å². The largest absolute Gasteiger partial charge is 0.354 e. The molecule has 1 saturated carbocycles. The molecule has 1 aliphatic heterocycles. The highest BCUT2D eigenvalue weighted by atomic mass is 16.2. The van der Waals surface area contributed by atoms with Crippen molar-refractivity contribution in [1.82, 2.24) is 16.0 Å². The Morgan fingerprint density at radius 1 is 1.12 bits per heavy atom.